The molecule has 0 aromatic carbocycles. The van der Waals surface area contributed by atoms with E-state index >= 15 is 0 Å². The maximum absolute atomic E-state index is 13.2. The van der Waals surface area contributed by atoms with Crippen LogP contribution < -0.4 is 0 Å². The Morgan fingerprint density at radius 3 is 0.664 bits per heavy atom. The predicted molar refractivity (Wildman–Crippen MR) is 441 cm³/mol. The van der Waals surface area contributed by atoms with E-state index in [1.165, 1.54) is 263 Å². The van der Waals surface area contributed by atoms with Gasteiger partial charge < -0.3 is 33.8 Å². The first-order chi connectivity index (χ1) is 51.6. The number of carbonyl (C=O) groups excluding carboxylic acids is 4. The number of esters is 4. The molecule has 0 aliphatic heterocycles. The minimum atomic E-state index is -4.97. The van der Waals surface area contributed by atoms with Gasteiger partial charge in [-0.1, -0.05) is 409 Å². The maximum Gasteiger partial charge on any atom is 0.472 e. The van der Waals surface area contributed by atoms with Gasteiger partial charge in [0, 0.05) is 25.7 Å². The van der Waals surface area contributed by atoms with Crippen LogP contribution in [0, 0.1) is 23.7 Å². The molecule has 636 valence electrons. The van der Waals surface area contributed by atoms with Crippen LogP contribution in [0.2, 0.25) is 0 Å². The number of hydrogen-bond donors (Lipinski definition) is 3. The van der Waals surface area contributed by atoms with Gasteiger partial charge in [0.15, 0.2) is 12.2 Å². The molecule has 0 heterocycles. The molecule has 107 heavy (non-hydrogen) atoms. The van der Waals surface area contributed by atoms with Gasteiger partial charge in [0.05, 0.1) is 26.4 Å². The number of phosphoric acid groups is 2. The number of rotatable bonds is 85. The molecule has 3 unspecified atom stereocenters. The fourth-order valence-electron chi connectivity index (χ4n) is 13.6. The van der Waals surface area contributed by atoms with Gasteiger partial charge in [-0.3, -0.25) is 37.3 Å². The second-order valence-electron chi connectivity index (χ2n) is 33.3. The number of carbonyl (C=O) groups is 4. The number of ether oxygens (including phenoxy) is 4. The van der Waals surface area contributed by atoms with E-state index < -0.39 is 97.5 Å². The molecule has 0 aromatic heterocycles. The average Bonchev–Trinajstić information content (AvgIpc) is 0.901. The van der Waals surface area contributed by atoms with Crippen molar-refractivity contribution in [1.82, 2.24) is 0 Å². The van der Waals surface area contributed by atoms with E-state index in [0.29, 0.717) is 25.7 Å². The quantitative estimate of drug-likeness (QED) is 0.0222. The first-order valence-electron chi connectivity index (χ1n) is 45.2. The highest BCUT2D eigenvalue weighted by atomic mass is 31.2. The van der Waals surface area contributed by atoms with Crippen LogP contribution in [0.1, 0.15) is 460 Å². The Morgan fingerprint density at radius 1 is 0.262 bits per heavy atom. The van der Waals surface area contributed by atoms with Crippen molar-refractivity contribution in [2.75, 3.05) is 39.6 Å². The fraction of sp³-hybridized carbons (Fsp3) is 0.955. The Balaban J connectivity index is 5.22. The topological polar surface area (TPSA) is 237 Å². The summed E-state index contributed by atoms with van der Waals surface area (Å²) < 4.78 is 68.9. The second kappa shape index (κ2) is 76.7. The van der Waals surface area contributed by atoms with Gasteiger partial charge in [-0.05, 0) is 49.4 Å². The van der Waals surface area contributed by atoms with Crippen molar-refractivity contribution in [2.24, 2.45) is 23.7 Å². The van der Waals surface area contributed by atoms with Crippen molar-refractivity contribution in [3.05, 3.63) is 0 Å². The largest absolute Gasteiger partial charge is 0.472 e. The Hall–Kier alpha value is -1.94. The first kappa shape index (κ1) is 105. The molecule has 3 N–H and O–H groups in total. The van der Waals surface area contributed by atoms with Crippen molar-refractivity contribution < 1.29 is 80.2 Å². The van der Waals surface area contributed by atoms with Gasteiger partial charge in [-0.15, -0.1) is 0 Å². The normalized spacial score (nSPS) is 14.1. The molecular weight excluding hydrogens is 1390 g/mol. The summed E-state index contributed by atoms with van der Waals surface area (Å²) in [6.45, 7) is 14.3. The summed E-state index contributed by atoms with van der Waals surface area (Å²) in [5.74, 6) is 1.07. The molecule has 0 aliphatic rings. The Labute approximate surface area is 658 Å². The lowest BCUT2D eigenvalue weighted by Gasteiger charge is -2.21. The van der Waals surface area contributed by atoms with E-state index in [2.05, 4.69) is 55.4 Å². The smallest absolute Gasteiger partial charge is 0.462 e. The summed E-state index contributed by atoms with van der Waals surface area (Å²) in [6.07, 6.45) is 66.8. The molecule has 17 nitrogen and oxygen atoms in total. The van der Waals surface area contributed by atoms with Gasteiger partial charge in [0.2, 0.25) is 0 Å². The Morgan fingerprint density at radius 2 is 0.449 bits per heavy atom. The molecule has 6 atom stereocenters. The molecule has 19 heteroatoms. The summed E-state index contributed by atoms with van der Waals surface area (Å²) in [7, 11) is -9.93. The van der Waals surface area contributed by atoms with Crippen molar-refractivity contribution in [1.29, 1.82) is 0 Å². The van der Waals surface area contributed by atoms with Crippen LogP contribution in [0.5, 0.6) is 0 Å². The molecule has 0 bridgehead atoms. The van der Waals surface area contributed by atoms with Crippen LogP contribution in [0.4, 0.5) is 0 Å². The maximum atomic E-state index is 13.2. The lowest BCUT2D eigenvalue weighted by molar-refractivity contribution is -0.161. The molecule has 0 saturated heterocycles. The van der Waals surface area contributed by atoms with Crippen molar-refractivity contribution in [2.45, 2.75) is 478 Å². The second-order valence-corrected chi connectivity index (χ2v) is 36.2. The summed E-state index contributed by atoms with van der Waals surface area (Å²) in [4.78, 5) is 73.3. The lowest BCUT2D eigenvalue weighted by atomic mass is 9.99. The third-order valence-corrected chi connectivity index (χ3v) is 22.8. The van der Waals surface area contributed by atoms with Crippen molar-refractivity contribution in [3.63, 3.8) is 0 Å². The Bertz CT molecular complexity index is 2080. The standard InChI is InChI=1S/C88H172O17P2/c1-9-81(8)67-59-51-43-35-27-23-19-15-11-13-17-21-25-29-37-46-54-62-70-87(92)104-83(74-98-85(90)68-60-52-44-36-28-24-20-16-12-10-14-18-22-26-32-40-48-56-64-78(2)3)76-102-106(94,95)100-72-82(89)73-101-107(96,97)103-77-84(105-88(93)71-63-55-47-39-31-34-42-50-58-66-80(6)7)75-99-86(91)69-61-53-45-38-30-33-41-49-57-65-79(4)5/h78-84,89H,9-77H2,1-8H3,(H,94,95)(H,96,97)/t81?,82-,83-,84-/m1/s1. The van der Waals surface area contributed by atoms with E-state index in [0.717, 1.165) is 114 Å². The van der Waals surface area contributed by atoms with Gasteiger partial charge >= 0.3 is 39.5 Å². The molecule has 0 radical (unpaired) electrons. The van der Waals surface area contributed by atoms with Gasteiger partial charge in [-0.25, -0.2) is 9.13 Å². The number of unbranched alkanes of at least 4 members (excludes halogenated alkanes) is 50. The third-order valence-electron chi connectivity index (χ3n) is 20.9. The summed E-state index contributed by atoms with van der Waals surface area (Å²) >= 11 is 0. The van der Waals surface area contributed by atoms with Crippen LogP contribution >= 0.6 is 15.6 Å². The summed E-state index contributed by atoms with van der Waals surface area (Å²) in [6, 6.07) is 0. The summed E-state index contributed by atoms with van der Waals surface area (Å²) in [5, 5.41) is 10.7. The van der Waals surface area contributed by atoms with Crippen LogP contribution in [-0.4, -0.2) is 96.7 Å². The van der Waals surface area contributed by atoms with E-state index in [1.807, 2.05) is 0 Å². The molecule has 0 aromatic rings. The van der Waals surface area contributed by atoms with Gasteiger partial charge in [-0.2, -0.15) is 0 Å². The average molecular weight is 1560 g/mol. The molecular formula is C88H172O17P2. The highest BCUT2D eigenvalue weighted by molar-refractivity contribution is 7.47. The lowest BCUT2D eigenvalue weighted by Crippen LogP contribution is -2.30. The number of aliphatic hydroxyl groups excluding tert-OH is 1. The number of aliphatic hydroxyl groups is 1. The van der Waals surface area contributed by atoms with E-state index in [1.54, 1.807) is 0 Å². The zero-order valence-electron chi connectivity index (χ0n) is 70.8. The van der Waals surface area contributed by atoms with Gasteiger partial charge in [0.25, 0.3) is 0 Å². The molecule has 0 fully saturated rings. The van der Waals surface area contributed by atoms with Crippen molar-refractivity contribution in [3.8, 4) is 0 Å². The predicted octanol–water partition coefficient (Wildman–Crippen LogP) is 26.7. The molecule has 0 spiro atoms. The monoisotopic (exact) mass is 1560 g/mol. The molecule has 0 aliphatic carbocycles. The number of hydrogen-bond acceptors (Lipinski definition) is 15. The highest BCUT2D eigenvalue weighted by Gasteiger charge is 2.31. The zero-order valence-corrected chi connectivity index (χ0v) is 72.6. The fourth-order valence-corrected chi connectivity index (χ4v) is 15.2. The van der Waals surface area contributed by atoms with Gasteiger partial charge in [0.1, 0.15) is 19.3 Å². The first-order valence-corrected chi connectivity index (χ1v) is 48.2. The molecule has 0 amide bonds. The van der Waals surface area contributed by atoms with E-state index in [9.17, 15) is 43.2 Å². The minimum absolute atomic E-state index is 0.105. The third kappa shape index (κ3) is 80.5. The SMILES string of the molecule is CCC(C)CCCCCCCCCCCCCCCCCCCCC(=O)O[C@H](COC(=O)CCCCCCCCCCCCCCCCCCCCC(C)C)COP(=O)(O)OC[C@@H](O)COP(=O)(O)OC[C@@H](COC(=O)CCCCCCCCCCCC(C)C)OC(=O)CCCCCCCCCCCC(C)C. The number of phosphoric ester groups is 2. The van der Waals surface area contributed by atoms with Crippen LogP contribution in [0.15, 0.2) is 0 Å². The van der Waals surface area contributed by atoms with Crippen LogP contribution in [0.3, 0.4) is 0 Å². The van der Waals surface area contributed by atoms with Crippen LogP contribution in [0.25, 0.3) is 0 Å². The Kier molecular flexibility index (Phi) is 75.3. The van der Waals surface area contributed by atoms with E-state index in [4.69, 9.17) is 37.0 Å². The van der Waals surface area contributed by atoms with E-state index in [-0.39, 0.29) is 25.7 Å². The minimum Gasteiger partial charge on any atom is -0.462 e. The zero-order chi connectivity index (χ0) is 78.8. The molecule has 0 saturated carbocycles. The van der Waals surface area contributed by atoms with Crippen LogP contribution in [-0.2, 0) is 65.4 Å². The van der Waals surface area contributed by atoms with Crippen molar-refractivity contribution >= 4 is 39.5 Å². The molecule has 0 rings (SSSR count). The summed E-state index contributed by atoms with van der Waals surface area (Å²) in [5.41, 5.74) is 0. The highest BCUT2D eigenvalue weighted by Crippen LogP contribution is 2.45.